The zero-order chi connectivity index (χ0) is 28.8. The summed E-state index contributed by atoms with van der Waals surface area (Å²) in [6.45, 7) is -0.394. The van der Waals surface area contributed by atoms with E-state index in [0.29, 0.717) is 12.0 Å². The highest BCUT2D eigenvalue weighted by Gasteiger charge is 2.28. The van der Waals surface area contributed by atoms with E-state index in [1.807, 2.05) is 30.3 Å². The molecule has 3 amide bonds. The van der Waals surface area contributed by atoms with E-state index in [0.717, 1.165) is 5.56 Å². The van der Waals surface area contributed by atoms with E-state index in [4.69, 9.17) is 22.0 Å². The third-order valence-corrected chi connectivity index (χ3v) is 5.68. The number of guanidine groups is 1. The number of hydrogen-bond donors (Lipinski definition) is 9. The number of carbonyl (C=O) groups is 4. The average Bonchev–Trinajstić information content (AvgIpc) is 2.90. The van der Waals surface area contributed by atoms with Gasteiger partial charge in [0.15, 0.2) is 5.96 Å². The molecule has 3 atom stereocenters. The van der Waals surface area contributed by atoms with Crippen LogP contribution in [0.25, 0.3) is 0 Å². The first kappa shape index (κ1) is 30.6. The number of aliphatic carboxylic acids is 1. The van der Waals surface area contributed by atoms with Gasteiger partial charge in [-0.3, -0.25) is 24.6 Å². The van der Waals surface area contributed by atoms with Gasteiger partial charge in [0, 0.05) is 13.0 Å². The maximum absolute atomic E-state index is 13.3. The molecule has 0 radical (unpaired) electrons. The van der Waals surface area contributed by atoms with Crippen molar-refractivity contribution in [2.24, 2.45) is 11.5 Å². The molecule has 0 saturated carbocycles. The first-order valence-electron chi connectivity index (χ1n) is 12.3. The SMILES string of the molecule is N=C(N)NCCC[C@@H](NC(=O)[C@H](Cc1ccc(O)cc1)NC(=O)[C@@H](N)Cc1ccccc1)C(=O)NCC(=O)O. The summed E-state index contributed by atoms with van der Waals surface area (Å²) in [6.07, 6.45) is 0.696. The number of phenolic OH excluding ortho intramolecular Hbond substituents is 1. The molecule has 0 saturated heterocycles. The molecule has 2 aromatic rings. The van der Waals surface area contributed by atoms with Crippen molar-refractivity contribution in [3.63, 3.8) is 0 Å². The number of nitrogens with one attached hydrogen (secondary N) is 5. The predicted octanol–water partition coefficient (Wildman–Crippen LogP) is -1.06. The van der Waals surface area contributed by atoms with Crippen LogP contribution in [0, 0.1) is 5.41 Å². The van der Waals surface area contributed by atoms with Crippen molar-refractivity contribution in [1.82, 2.24) is 21.3 Å². The minimum atomic E-state index is -1.25. The van der Waals surface area contributed by atoms with Crippen molar-refractivity contribution in [2.45, 2.75) is 43.8 Å². The number of hydrogen-bond acceptors (Lipinski definition) is 7. The molecule has 0 spiro atoms. The topological polar surface area (TPSA) is 233 Å². The van der Waals surface area contributed by atoms with E-state index in [1.54, 1.807) is 12.1 Å². The number of rotatable bonds is 15. The summed E-state index contributed by atoms with van der Waals surface area (Å²) >= 11 is 0. The number of aromatic hydroxyl groups is 1. The van der Waals surface area contributed by atoms with Crippen LogP contribution in [-0.2, 0) is 32.0 Å². The van der Waals surface area contributed by atoms with E-state index in [2.05, 4.69) is 21.3 Å². The normalized spacial score (nSPS) is 12.8. The molecule has 0 fully saturated rings. The third kappa shape index (κ3) is 11.5. The first-order valence-corrected chi connectivity index (χ1v) is 12.3. The van der Waals surface area contributed by atoms with Crippen molar-refractivity contribution in [1.29, 1.82) is 5.41 Å². The molecule has 2 rings (SSSR count). The highest BCUT2D eigenvalue weighted by molar-refractivity contribution is 5.93. The number of amides is 3. The van der Waals surface area contributed by atoms with Gasteiger partial charge in [0.2, 0.25) is 17.7 Å². The fourth-order valence-electron chi connectivity index (χ4n) is 3.67. The van der Waals surface area contributed by atoms with E-state index in [9.17, 15) is 24.3 Å². The van der Waals surface area contributed by atoms with Crippen molar-refractivity contribution in [3.05, 3.63) is 65.7 Å². The van der Waals surface area contributed by atoms with Crippen LogP contribution >= 0.6 is 0 Å². The van der Waals surface area contributed by atoms with Gasteiger partial charge in [0.25, 0.3) is 0 Å². The second-order valence-corrected chi connectivity index (χ2v) is 8.88. The van der Waals surface area contributed by atoms with Crippen LogP contribution in [0.15, 0.2) is 54.6 Å². The van der Waals surface area contributed by atoms with Crippen LogP contribution in [0.5, 0.6) is 5.75 Å². The van der Waals surface area contributed by atoms with Gasteiger partial charge in [-0.05, 0) is 42.5 Å². The van der Waals surface area contributed by atoms with Crippen LogP contribution in [0.2, 0.25) is 0 Å². The molecular formula is C26H35N7O6. The third-order valence-electron chi connectivity index (χ3n) is 5.68. The zero-order valence-electron chi connectivity index (χ0n) is 21.4. The number of phenols is 1. The molecule has 11 N–H and O–H groups in total. The summed E-state index contributed by atoms with van der Waals surface area (Å²) in [6, 6.07) is 12.0. The Morgan fingerprint density at radius 2 is 1.44 bits per heavy atom. The monoisotopic (exact) mass is 541 g/mol. The van der Waals surface area contributed by atoms with Crippen LogP contribution in [0.4, 0.5) is 0 Å². The van der Waals surface area contributed by atoms with Gasteiger partial charge in [-0.25, -0.2) is 0 Å². The number of carboxylic acid groups (broad SMARTS) is 1. The van der Waals surface area contributed by atoms with E-state index in [1.165, 1.54) is 12.1 Å². The Labute approximate surface area is 225 Å². The highest BCUT2D eigenvalue weighted by atomic mass is 16.4. The molecule has 0 aliphatic heterocycles. The summed E-state index contributed by atoms with van der Waals surface area (Å²) in [5.41, 5.74) is 12.8. The molecule has 0 aromatic heterocycles. The largest absolute Gasteiger partial charge is 0.508 e. The molecule has 13 heteroatoms. The Balaban J connectivity index is 2.17. The lowest BCUT2D eigenvalue weighted by molar-refractivity contribution is -0.138. The molecule has 13 nitrogen and oxygen atoms in total. The Bertz CT molecular complexity index is 1130. The molecule has 0 aliphatic carbocycles. The summed E-state index contributed by atoms with van der Waals surface area (Å²) in [7, 11) is 0. The van der Waals surface area contributed by atoms with Crippen molar-refractivity contribution in [2.75, 3.05) is 13.1 Å². The minimum absolute atomic E-state index is 0.0306. The Hall–Kier alpha value is -4.65. The Morgan fingerprint density at radius 1 is 0.821 bits per heavy atom. The standard InChI is InChI=1S/C26H35N7O6/c27-19(13-16-5-2-1-3-6-16)23(37)33-21(14-17-8-10-18(34)11-9-17)25(39)32-20(7-4-12-30-26(28)29)24(38)31-15-22(35)36/h1-3,5-6,8-11,19-21,34H,4,7,12-15,27H2,(H,31,38)(H,32,39)(H,33,37)(H,35,36)(H4,28,29,30)/t19-,20+,21-/m0/s1. The van der Waals surface area contributed by atoms with E-state index in [-0.39, 0.29) is 37.5 Å². The van der Waals surface area contributed by atoms with Crippen molar-refractivity contribution in [3.8, 4) is 5.75 Å². The minimum Gasteiger partial charge on any atom is -0.508 e. The maximum Gasteiger partial charge on any atom is 0.322 e. The van der Waals surface area contributed by atoms with Gasteiger partial charge in [-0.15, -0.1) is 0 Å². The highest BCUT2D eigenvalue weighted by Crippen LogP contribution is 2.12. The zero-order valence-corrected chi connectivity index (χ0v) is 21.4. The number of benzene rings is 2. The van der Waals surface area contributed by atoms with E-state index >= 15 is 0 Å². The van der Waals surface area contributed by atoms with Crippen LogP contribution in [0.3, 0.4) is 0 Å². The lowest BCUT2D eigenvalue weighted by Gasteiger charge is -2.24. The van der Waals surface area contributed by atoms with Gasteiger partial charge in [0.05, 0.1) is 6.04 Å². The Morgan fingerprint density at radius 3 is 2.05 bits per heavy atom. The maximum atomic E-state index is 13.3. The van der Waals surface area contributed by atoms with E-state index < -0.39 is 48.4 Å². The summed E-state index contributed by atoms with van der Waals surface area (Å²) in [5, 5.41) is 35.8. The second-order valence-electron chi connectivity index (χ2n) is 8.88. The summed E-state index contributed by atoms with van der Waals surface area (Å²) < 4.78 is 0. The van der Waals surface area contributed by atoms with Crippen LogP contribution < -0.4 is 32.7 Å². The van der Waals surface area contributed by atoms with Crippen LogP contribution in [-0.4, -0.2) is 71.1 Å². The predicted molar refractivity (Wildman–Crippen MR) is 144 cm³/mol. The van der Waals surface area contributed by atoms with Gasteiger partial charge in [-0.1, -0.05) is 42.5 Å². The lowest BCUT2D eigenvalue weighted by atomic mass is 10.0. The lowest BCUT2D eigenvalue weighted by Crippen LogP contribution is -2.57. The molecule has 2 aromatic carbocycles. The van der Waals surface area contributed by atoms with Gasteiger partial charge in [0.1, 0.15) is 24.4 Å². The van der Waals surface area contributed by atoms with Gasteiger partial charge < -0.3 is 42.9 Å². The molecule has 0 heterocycles. The fraction of sp³-hybridized carbons (Fsp3) is 0.346. The number of carboxylic acids is 1. The average molecular weight is 542 g/mol. The summed E-state index contributed by atoms with van der Waals surface area (Å²) in [5.74, 6) is -3.45. The quantitative estimate of drug-likeness (QED) is 0.0758. The number of nitrogens with two attached hydrogens (primary N) is 2. The van der Waals surface area contributed by atoms with Gasteiger partial charge in [-0.2, -0.15) is 0 Å². The molecule has 0 unspecified atom stereocenters. The van der Waals surface area contributed by atoms with Gasteiger partial charge >= 0.3 is 5.97 Å². The van der Waals surface area contributed by atoms with Crippen molar-refractivity contribution >= 4 is 29.7 Å². The molecule has 210 valence electrons. The first-order chi connectivity index (χ1) is 18.5. The van der Waals surface area contributed by atoms with Crippen molar-refractivity contribution < 1.29 is 29.4 Å². The summed E-state index contributed by atoms with van der Waals surface area (Å²) in [4.78, 5) is 49.8. The Kier molecular flexibility index (Phi) is 12.2. The smallest absolute Gasteiger partial charge is 0.322 e. The fourth-order valence-corrected chi connectivity index (χ4v) is 3.67. The second kappa shape index (κ2) is 15.6. The molecule has 0 bridgehead atoms. The molecule has 0 aliphatic rings. The van der Waals surface area contributed by atoms with Crippen LogP contribution in [0.1, 0.15) is 24.0 Å². The molecular weight excluding hydrogens is 506 g/mol. The molecule has 39 heavy (non-hydrogen) atoms. The number of carbonyl (C=O) groups excluding carboxylic acids is 3.